The Balaban J connectivity index is 1.49. The van der Waals surface area contributed by atoms with E-state index in [0.717, 1.165) is 28.8 Å². The van der Waals surface area contributed by atoms with Gasteiger partial charge >= 0.3 is 0 Å². The molecule has 0 amide bonds. The number of likely N-dealkylation sites (N-methyl/N-ethyl adjacent to an activating group) is 1. The lowest BCUT2D eigenvalue weighted by atomic mass is 10.1. The smallest absolute Gasteiger partial charge is 0.118 e. The highest BCUT2D eigenvalue weighted by molar-refractivity contribution is 5.27. The lowest BCUT2D eigenvalue weighted by molar-refractivity contribution is -0.920. The standard InChI is InChI=1S/C24H35N2O2/c1-26(24-18-23(24)25,16-4-6-19-8-12-21(27-2)13-9-19)17-5-7-20-10-14-22(28-3)15-11-20/h8-15,23-24H,4-7,16-18,25H2,1-3H3/q+1/t23-,24-/m1/s1. The van der Waals surface area contributed by atoms with Crippen molar-refractivity contribution >= 4 is 0 Å². The zero-order valence-corrected chi connectivity index (χ0v) is 17.6. The van der Waals surface area contributed by atoms with E-state index in [9.17, 15) is 0 Å². The van der Waals surface area contributed by atoms with Gasteiger partial charge in [-0.3, -0.25) is 0 Å². The fourth-order valence-electron chi connectivity index (χ4n) is 4.23. The molecule has 4 nitrogen and oxygen atoms in total. The van der Waals surface area contributed by atoms with Crippen molar-refractivity contribution in [2.45, 2.75) is 44.2 Å². The summed E-state index contributed by atoms with van der Waals surface area (Å²) in [6.07, 6.45) is 5.77. The van der Waals surface area contributed by atoms with E-state index < -0.39 is 0 Å². The lowest BCUT2D eigenvalue weighted by Crippen LogP contribution is -2.50. The van der Waals surface area contributed by atoms with Gasteiger partial charge in [0, 0.05) is 19.3 Å². The van der Waals surface area contributed by atoms with Crippen LogP contribution in [0.4, 0.5) is 0 Å². The Morgan fingerprint density at radius 3 is 1.54 bits per heavy atom. The van der Waals surface area contributed by atoms with Gasteiger partial charge in [-0.25, -0.2) is 0 Å². The summed E-state index contributed by atoms with van der Waals surface area (Å²) >= 11 is 0. The molecule has 1 aliphatic carbocycles. The minimum atomic E-state index is 0.381. The third-order valence-corrected chi connectivity index (χ3v) is 6.19. The zero-order valence-electron chi connectivity index (χ0n) is 17.6. The zero-order chi connectivity index (χ0) is 20.0. The molecule has 1 fully saturated rings. The Kier molecular flexibility index (Phi) is 6.97. The molecular formula is C24H35N2O2+. The Morgan fingerprint density at radius 2 is 1.21 bits per heavy atom. The predicted octanol–water partition coefficient (Wildman–Crippen LogP) is 3.82. The van der Waals surface area contributed by atoms with Crippen molar-refractivity contribution in [1.82, 2.24) is 0 Å². The molecule has 0 aliphatic heterocycles. The van der Waals surface area contributed by atoms with E-state index in [1.807, 2.05) is 0 Å². The summed E-state index contributed by atoms with van der Waals surface area (Å²) in [6, 6.07) is 17.9. The fourth-order valence-corrected chi connectivity index (χ4v) is 4.23. The summed E-state index contributed by atoms with van der Waals surface area (Å²) in [5.41, 5.74) is 9.00. The minimum Gasteiger partial charge on any atom is -0.497 e. The Morgan fingerprint density at radius 1 is 0.821 bits per heavy atom. The van der Waals surface area contributed by atoms with Gasteiger partial charge in [0.05, 0.1) is 40.4 Å². The average Bonchev–Trinajstić information content (AvgIpc) is 3.47. The first-order valence-electron chi connectivity index (χ1n) is 10.4. The van der Waals surface area contributed by atoms with Crippen molar-refractivity contribution in [1.29, 1.82) is 0 Å². The molecule has 0 spiro atoms. The van der Waals surface area contributed by atoms with Crippen molar-refractivity contribution in [3.63, 3.8) is 0 Å². The number of quaternary nitrogens is 1. The van der Waals surface area contributed by atoms with Crippen molar-refractivity contribution in [3.05, 3.63) is 59.7 Å². The number of ether oxygens (including phenoxy) is 2. The molecule has 152 valence electrons. The van der Waals surface area contributed by atoms with Crippen LogP contribution >= 0.6 is 0 Å². The van der Waals surface area contributed by atoms with E-state index in [-0.39, 0.29) is 0 Å². The first-order chi connectivity index (χ1) is 13.5. The van der Waals surface area contributed by atoms with Crippen LogP contribution in [0.1, 0.15) is 30.4 Å². The molecule has 3 rings (SSSR count). The van der Waals surface area contributed by atoms with Gasteiger partial charge in [-0.2, -0.15) is 0 Å². The summed E-state index contributed by atoms with van der Waals surface area (Å²) < 4.78 is 11.6. The van der Waals surface area contributed by atoms with E-state index in [2.05, 4.69) is 55.6 Å². The third kappa shape index (κ3) is 5.49. The highest BCUT2D eigenvalue weighted by Gasteiger charge is 2.48. The maximum absolute atomic E-state index is 6.24. The van der Waals surface area contributed by atoms with Gasteiger partial charge < -0.3 is 19.7 Å². The minimum absolute atomic E-state index is 0.381. The predicted molar refractivity (Wildman–Crippen MR) is 115 cm³/mol. The van der Waals surface area contributed by atoms with Gasteiger partial charge in [0.25, 0.3) is 0 Å². The molecule has 0 heterocycles. The summed E-state index contributed by atoms with van der Waals surface area (Å²) in [4.78, 5) is 0. The van der Waals surface area contributed by atoms with E-state index >= 15 is 0 Å². The topological polar surface area (TPSA) is 44.5 Å². The van der Waals surface area contributed by atoms with E-state index in [0.29, 0.717) is 12.1 Å². The molecule has 0 bridgehead atoms. The molecular weight excluding hydrogens is 348 g/mol. The van der Waals surface area contributed by atoms with E-state index in [1.54, 1.807) is 14.2 Å². The van der Waals surface area contributed by atoms with Gasteiger partial charge in [-0.1, -0.05) is 24.3 Å². The number of benzene rings is 2. The van der Waals surface area contributed by atoms with E-state index in [4.69, 9.17) is 15.2 Å². The monoisotopic (exact) mass is 383 g/mol. The molecule has 0 saturated heterocycles. The van der Waals surface area contributed by atoms with Gasteiger partial charge in [0.1, 0.15) is 17.5 Å². The fraction of sp³-hybridized carbons (Fsp3) is 0.500. The van der Waals surface area contributed by atoms with Gasteiger partial charge in [0.15, 0.2) is 0 Å². The van der Waals surface area contributed by atoms with Crippen LogP contribution in [0.15, 0.2) is 48.5 Å². The summed E-state index contributed by atoms with van der Waals surface area (Å²) in [5.74, 6) is 1.85. The van der Waals surface area contributed by atoms with Crippen LogP contribution in [0, 0.1) is 0 Å². The van der Waals surface area contributed by atoms with E-state index in [1.165, 1.54) is 43.5 Å². The molecule has 2 aromatic rings. The van der Waals surface area contributed by atoms with Crippen molar-refractivity contribution in [2.75, 3.05) is 34.4 Å². The molecule has 0 radical (unpaired) electrons. The quantitative estimate of drug-likeness (QED) is 0.600. The molecule has 0 unspecified atom stereocenters. The molecule has 2 N–H and O–H groups in total. The molecule has 2 atom stereocenters. The maximum atomic E-state index is 6.24. The van der Waals surface area contributed by atoms with Crippen LogP contribution in [0.5, 0.6) is 11.5 Å². The summed E-state index contributed by atoms with van der Waals surface area (Å²) in [6.45, 7) is 2.38. The maximum Gasteiger partial charge on any atom is 0.118 e. The normalized spacial score (nSPS) is 18.7. The largest absolute Gasteiger partial charge is 0.497 e. The molecule has 0 aromatic heterocycles. The molecule has 1 saturated carbocycles. The molecule has 4 heteroatoms. The van der Waals surface area contributed by atoms with Crippen LogP contribution in [-0.4, -0.2) is 50.9 Å². The lowest BCUT2D eigenvalue weighted by Gasteiger charge is -2.35. The van der Waals surface area contributed by atoms with Crippen LogP contribution in [0.2, 0.25) is 0 Å². The number of nitrogens with zero attached hydrogens (tertiary/aromatic N) is 1. The van der Waals surface area contributed by atoms with Gasteiger partial charge in [0.2, 0.25) is 0 Å². The number of hydrogen-bond acceptors (Lipinski definition) is 3. The van der Waals surface area contributed by atoms with Gasteiger partial charge in [-0.15, -0.1) is 0 Å². The van der Waals surface area contributed by atoms with Crippen molar-refractivity contribution in [3.8, 4) is 11.5 Å². The molecule has 2 aromatic carbocycles. The Hall–Kier alpha value is -2.04. The highest BCUT2D eigenvalue weighted by atomic mass is 16.5. The van der Waals surface area contributed by atoms with Crippen LogP contribution < -0.4 is 15.2 Å². The number of methoxy groups -OCH3 is 2. The first-order valence-corrected chi connectivity index (χ1v) is 10.4. The Bertz CT molecular complexity index is 674. The number of rotatable bonds is 11. The molecule has 28 heavy (non-hydrogen) atoms. The second kappa shape index (κ2) is 9.44. The summed E-state index contributed by atoms with van der Waals surface area (Å²) in [7, 11) is 5.82. The first kappa shape index (κ1) is 20.7. The summed E-state index contributed by atoms with van der Waals surface area (Å²) in [5, 5.41) is 0. The van der Waals surface area contributed by atoms with Crippen LogP contribution in [0.25, 0.3) is 0 Å². The number of hydrogen-bond donors (Lipinski definition) is 1. The number of aryl methyl sites for hydroxylation is 2. The molecule has 1 aliphatic rings. The van der Waals surface area contributed by atoms with Crippen LogP contribution in [-0.2, 0) is 12.8 Å². The van der Waals surface area contributed by atoms with Gasteiger partial charge in [-0.05, 0) is 48.2 Å². The van der Waals surface area contributed by atoms with Crippen molar-refractivity contribution in [2.24, 2.45) is 5.73 Å². The highest BCUT2D eigenvalue weighted by Crippen LogP contribution is 2.32. The number of nitrogens with two attached hydrogens (primary N) is 1. The Labute approximate surface area is 169 Å². The second-order valence-corrected chi connectivity index (χ2v) is 8.30. The average molecular weight is 384 g/mol. The second-order valence-electron chi connectivity index (χ2n) is 8.30. The third-order valence-electron chi connectivity index (χ3n) is 6.19. The van der Waals surface area contributed by atoms with Crippen LogP contribution in [0.3, 0.4) is 0 Å². The van der Waals surface area contributed by atoms with Crippen molar-refractivity contribution < 1.29 is 14.0 Å². The SMILES string of the molecule is COc1ccc(CCC[N+](C)(CCCc2ccc(OC)cc2)[C@@H]2C[C@H]2N)cc1.